The van der Waals surface area contributed by atoms with Gasteiger partial charge in [-0.2, -0.15) is 0 Å². The Balaban J connectivity index is 1.87. The molecule has 0 radical (unpaired) electrons. The smallest absolute Gasteiger partial charge is 0.451 e. The fraction of sp³-hybridized carbons (Fsp3) is 0.722. The molecule has 0 aliphatic carbocycles. The van der Waals surface area contributed by atoms with Crippen molar-refractivity contribution >= 4 is 24.5 Å². The summed E-state index contributed by atoms with van der Waals surface area (Å²) in [6.45, 7) is 5.52. The van der Waals surface area contributed by atoms with Crippen molar-refractivity contribution in [3.8, 4) is 0 Å². The van der Waals surface area contributed by atoms with Gasteiger partial charge in [-0.1, -0.05) is 6.42 Å². The lowest BCUT2D eigenvalue weighted by atomic mass is 9.78. The van der Waals surface area contributed by atoms with Gasteiger partial charge in [0.05, 0.1) is 6.04 Å². The lowest BCUT2D eigenvalue weighted by molar-refractivity contribution is -0.144. The Hall–Kier alpha value is -1.95. The fourth-order valence-corrected chi connectivity index (χ4v) is 4.48. The normalized spacial score (nSPS) is 24.9. The van der Waals surface area contributed by atoms with Gasteiger partial charge < -0.3 is 36.0 Å². The molecular weight excluding hydrogens is 379 g/mol. The van der Waals surface area contributed by atoms with E-state index >= 15 is 0 Å². The van der Waals surface area contributed by atoms with E-state index in [1.54, 1.807) is 4.90 Å². The molecule has 2 aliphatic rings. The third-order valence-electron chi connectivity index (χ3n) is 6.18. The highest BCUT2D eigenvalue weighted by atomic mass is 16.4. The van der Waals surface area contributed by atoms with Crippen LogP contribution in [0.4, 0.5) is 11.4 Å². The summed E-state index contributed by atoms with van der Waals surface area (Å²) < 4.78 is 0. The van der Waals surface area contributed by atoms with E-state index in [0.717, 1.165) is 13.1 Å². The highest BCUT2D eigenvalue weighted by Crippen LogP contribution is 2.37. The Morgan fingerprint density at radius 2 is 2.00 bits per heavy atom. The number of aliphatic carboxylic acids is 1. The number of rotatable bonds is 9. The maximum Gasteiger partial charge on any atom is 0.451 e. The number of carbonyl (C=O) groups is 1. The zero-order valence-electron chi connectivity index (χ0n) is 16.8. The maximum atomic E-state index is 12.5. The third-order valence-corrected chi connectivity index (χ3v) is 6.18. The Morgan fingerprint density at radius 3 is 2.48 bits per heavy atom. The summed E-state index contributed by atoms with van der Waals surface area (Å²) in [5.74, 6) is -1.65. The first-order chi connectivity index (χ1) is 13.6. The average molecular weight is 408 g/mol. The molecule has 3 rings (SSSR count). The molecule has 1 aromatic carbocycles. The van der Waals surface area contributed by atoms with Crippen LogP contribution in [0.2, 0.25) is 6.32 Å². The Morgan fingerprint density at radius 1 is 1.34 bits per heavy atom. The molecule has 0 amide bonds. The van der Waals surface area contributed by atoms with Gasteiger partial charge >= 0.3 is 13.1 Å². The zero-order chi connectivity index (χ0) is 21.5. The number of hydrogen-bond acceptors (Lipinski definition) is 9. The molecule has 0 unspecified atom stereocenters. The summed E-state index contributed by atoms with van der Waals surface area (Å²) in [6, 6.07) is 0.124. The molecule has 0 aromatic heterocycles. The number of carboxylic acid groups (broad SMARTS) is 1. The molecular formula is C18H29BN4O6. The van der Waals surface area contributed by atoms with Crippen molar-refractivity contribution in [1.82, 2.24) is 5.32 Å². The first-order valence-corrected chi connectivity index (χ1v) is 10.0. The summed E-state index contributed by atoms with van der Waals surface area (Å²) in [6.07, 6.45) is 0.891. The number of nitrogens with zero attached hydrogens (tertiary/aromatic N) is 2. The van der Waals surface area contributed by atoms with Crippen LogP contribution in [0.15, 0.2) is 9.59 Å². The van der Waals surface area contributed by atoms with Crippen LogP contribution >= 0.6 is 0 Å². The Bertz CT molecular complexity index is 835. The summed E-state index contributed by atoms with van der Waals surface area (Å²) in [7, 11) is -1.46. The van der Waals surface area contributed by atoms with E-state index < -0.39 is 35.4 Å². The van der Waals surface area contributed by atoms with Crippen LogP contribution in [0.25, 0.3) is 0 Å². The molecule has 0 spiro atoms. The molecule has 160 valence electrons. The van der Waals surface area contributed by atoms with Crippen molar-refractivity contribution in [2.45, 2.75) is 50.6 Å². The SMILES string of the molecule is CC(C)N(c1c(N2C[C@H](CCCB(O)O)[C@](N)(C(=O)O)C2)c(=O)c1=O)C1CNC1. The van der Waals surface area contributed by atoms with Gasteiger partial charge in [0.25, 0.3) is 10.9 Å². The van der Waals surface area contributed by atoms with E-state index in [-0.39, 0.29) is 37.2 Å². The number of hydrogen-bond donors (Lipinski definition) is 5. The third kappa shape index (κ3) is 3.79. The van der Waals surface area contributed by atoms with Crippen molar-refractivity contribution in [1.29, 1.82) is 0 Å². The van der Waals surface area contributed by atoms with E-state index in [1.165, 1.54) is 0 Å². The zero-order valence-corrected chi connectivity index (χ0v) is 16.8. The second kappa shape index (κ2) is 8.06. The van der Waals surface area contributed by atoms with Crippen LogP contribution in [-0.4, -0.2) is 72.0 Å². The van der Waals surface area contributed by atoms with E-state index in [9.17, 15) is 19.5 Å². The van der Waals surface area contributed by atoms with Gasteiger partial charge in [0.2, 0.25) is 0 Å². The lowest BCUT2D eigenvalue weighted by Gasteiger charge is -2.44. The van der Waals surface area contributed by atoms with Crippen molar-refractivity contribution in [2.75, 3.05) is 36.0 Å². The molecule has 2 aliphatic heterocycles. The minimum Gasteiger partial charge on any atom is -0.480 e. The van der Waals surface area contributed by atoms with Crippen molar-refractivity contribution in [3.05, 3.63) is 20.4 Å². The number of nitrogens with one attached hydrogen (secondary N) is 1. The first-order valence-electron chi connectivity index (χ1n) is 10.0. The molecule has 2 saturated heterocycles. The van der Waals surface area contributed by atoms with Crippen LogP contribution in [0, 0.1) is 5.92 Å². The summed E-state index contributed by atoms with van der Waals surface area (Å²) in [4.78, 5) is 40.4. The van der Waals surface area contributed by atoms with Crippen LogP contribution in [0.3, 0.4) is 0 Å². The average Bonchev–Trinajstić information content (AvgIpc) is 2.92. The van der Waals surface area contributed by atoms with E-state index in [1.807, 2.05) is 18.7 Å². The van der Waals surface area contributed by atoms with Crippen LogP contribution in [0.5, 0.6) is 0 Å². The van der Waals surface area contributed by atoms with Gasteiger partial charge in [-0.25, -0.2) is 0 Å². The standard InChI is InChI=1S/C18H29BN4O6/c1-10(2)23(12-6-21-7-12)14-13(15(24)16(14)25)22-8-11(4-3-5-19(28)29)18(20,9-22)17(26)27/h10-12,21,28-29H,3-9,20H2,1-2H3,(H,26,27)/t11-,18-/m0/s1. The number of carboxylic acids is 1. The lowest BCUT2D eigenvalue weighted by Crippen LogP contribution is -2.62. The van der Waals surface area contributed by atoms with Gasteiger partial charge in [-0.3, -0.25) is 14.4 Å². The molecule has 2 atom stereocenters. The predicted octanol–water partition coefficient (Wildman–Crippen LogP) is -2.06. The topological polar surface area (TPSA) is 156 Å². The largest absolute Gasteiger partial charge is 0.480 e. The first kappa shape index (κ1) is 21.8. The monoisotopic (exact) mass is 408 g/mol. The minimum atomic E-state index is -1.57. The van der Waals surface area contributed by atoms with Gasteiger partial charge in [-0.15, -0.1) is 0 Å². The number of anilines is 2. The van der Waals surface area contributed by atoms with E-state index in [0.29, 0.717) is 18.5 Å². The predicted molar refractivity (Wildman–Crippen MR) is 110 cm³/mol. The minimum absolute atomic E-state index is 0.00991. The highest BCUT2D eigenvalue weighted by Gasteiger charge is 2.51. The second-order valence-electron chi connectivity index (χ2n) is 8.50. The van der Waals surface area contributed by atoms with Crippen LogP contribution in [0.1, 0.15) is 26.7 Å². The molecule has 29 heavy (non-hydrogen) atoms. The maximum absolute atomic E-state index is 12.5. The Labute approximate surface area is 169 Å². The highest BCUT2D eigenvalue weighted by molar-refractivity contribution is 6.40. The van der Waals surface area contributed by atoms with Crippen molar-refractivity contribution < 1.29 is 19.9 Å². The molecule has 1 aromatic rings. The molecule has 6 N–H and O–H groups in total. The van der Waals surface area contributed by atoms with Gasteiger partial charge in [-0.05, 0) is 26.6 Å². The van der Waals surface area contributed by atoms with Crippen LogP contribution < -0.4 is 31.7 Å². The van der Waals surface area contributed by atoms with Gasteiger partial charge in [0.15, 0.2) is 0 Å². The van der Waals surface area contributed by atoms with Gasteiger partial charge in [0.1, 0.15) is 16.9 Å². The molecule has 0 bridgehead atoms. The van der Waals surface area contributed by atoms with Gasteiger partial charge in [0, 0.05) is 38.1 Å². The summed E-state index contributed by atoms with van der Waals surface area (Å²) >= 11 is 0. The summed E-state index contributed by atoms with van der Waals surface area (Å²) in [5, 5.41) is 31.0. The Kier molecular flexibility index (Phi) is 6.04. The van der Waals surface area contributed by atoms with Crippen molar-refractivity contribution in [3.63, 3.8) is 0 Å². The number of nitrogens with two attached hydrogens (primary N) is 1. The molecule has 10 nitrogen and oxygen atoms in total. The fourth-order valence-electron chi connectivity index (χ4n) is 4.48. The van der Waals surface area contributed by atoms with E-state index in [2.05, 4.69) is 5.32 Å². The van der Waals surface area contributed by atoms with Crippen molar-refractivity contribution in [2.24, 2.45) is 11.7 Å². The molecule has 0 saturated carbocycles. The quantitative estimate of drug-likeness (QED) is 0.227. The second-order valence-corrected chi connectivity index (χ2v) is 8.50. The molecule has 2 heterocycles. The summed E-state index contributed by atoms with van der Waals surface area (Å²) in [5.41, 5.74) is 4.13. The van der Waals surface area contributed by atoms with Crippen LogP contribution in [-0.2, 0) is 4.79 Å². The molecule has 2 fully saturated rings. The molecule has 11 heteroatoms. The van der Waals surface area contributed by atoms with E-state index in [4.69, 9.17) is 15.8 Å².